The largest absolute Gasteiger partial charge is 0.497 e. The molecule has 3 rings (SSSR count). The van der Waals surface area contributed by atoms with Crippen LogP contribution in [-0.2, 0) is 6.54 Å². The zero-order valence-electron chi connectivity index (χ0n) is 12.1. The van der Waals surface area contributed by atoms with E-state index in [4.69, 9.17) is 13.9 Å². The van der Waals surface area contributed by atoms with Crippen LogP contribution in [-0.4, -0.2) is 14.2 Å². The van der Waals surface area contributed by atoms with Crippen molar-refractivity contribution in [3.63, 3.8) is 0 Å². The number of hydrogen-bond donors (Lipinski definition) is 1. The lowest BCUT2D eigenvalue weighted by atomic mass is 10.1. The molecular formula is C17H17NO3. The van der Waals surface area contributed by atoms with Gasteiger partial charge in [0.2, 0.25) is 0 Å². The predicted molar refractivity (Wildman–Crippen MR) is 83.1 cm³/mol. The molecule has 0 saturated carbocycles. The van der Waals surface area contributed by atoms with Crippen molar-refractivity contribution < 1.29 is 13.9 Å². The van der Waals surface area contributed by atoms with Crippen LogP contribution in [0.25, 0.3) is 11.0 Å². The molecule has 3 aromatic rings. The molecular weight excluding hydrogens is 266 g/mol. The van der Waals surface area contributed by atoms with Gasteiger partial charge in [0.05, 0.1) is 26.2 Å². The highest BCUT2D eigenvalue weighted by molar-refractivity contribution is 5.81. The minimum absolute atomic E-state index is 0.666. The minimum Gasteiger partial charge on any atom is -0.497 e. The highest BCUT2D eigenvalue weighted by Crippen LogP contribution is 2.30. The second-order valence-electron chi connectivity index (χ2n) is 4.68. The molecule has 4 nitrogen and oxygen atoms in total. The van der Waals surface area contributed by atoms with Gasteiger partial charge >= 0.3 is 0 Å². The molecule has 0 aliphatic heterocycles. The molecule has 0 atom stereocenters. The van der Waals surface area contributed by atoms with Gasteiger partial charge in [-0.15, -0.1) is 0 Å². The van der Waals surface area contributed by atoms with Gasteiger partial charge in [0.1, 0.15) is 17.1 Å². The van der Waals surface area contributed by atoms with Crippen LogP contribution in [0.1, 0.15) is 5.56 Å². The zero-order valence-corrected chi connectivity index (χ0v) is 12.1. The van der Waals surface area contributed by atoms with Gasteiger partial charge in [-0.25, -0.2) is 0 Å². The lowest BCUT2D eigenvalue weighted by Gasteiger charge is -2.12. The third kappa shape index (κ3) is 2.65. The molecule has 0 aliphatic carbocycles. The van der Waals surface area contributed by atoms with Crippen molar-refractivity contribution in [1.82, 2.24) is 0 Å². The number of nitrogens with one attached hydrogen (secondary N) is 1. The molecule has 2 aromatic carbocycles. The van der Waals surface area contributed by atoms with E-state index >= 15 is 0 Å². The smallest absolute Gasteiger partial charge is 0.145 e. The Balaban J connectivity index is 1.81. The summed E-state index contributed by atoms with van der Waals surface area (Å²) in [5.74, 6) is 1.52. The van der Waals surface area contributed by atoms with Crippen molar-refractivity contribution in [2.45, 2.75) is 6.54 Å². The summed E-state index contributed by atoms with van der Waals surface area (Å²) in [6.07, 6.45) is 1.79. The summed E-state index contributed by atoms with van der Waals surface area (Å²) >= 11 is 0. The van der Waals surface area contributed by atoms with Gasteiger partial charge in [0.15, 0.2) is 0 Å². The summed E-state index contributed by atoms with van der Waals surface area (Å²) in [7, 11) is 3.28. The van der Waals surface area contributed by atoms with Crippen molar-refractivity contribution in [3.8, 4) is 11.5 Å². The number of furan rings is 1. The van der Waals surface area contributed by atoms with Gasteiger partial charge in [0.25, 0.3) is 0 Å². The number of rotatable bonds is 5. The van der Waals surface area contributed by atoms with E-state index in [-0.39, 0.29) is 0 Å². The molecule has 0 aliphatic rings. The molecule has 0 unspecified atom stereocenters. The summed E-state index contributed by atoms with van der Waals surface area (Å²) in [5, 5.41) is 4.49. The molecule has 0 amide bonds. The Kier molecular flexibility index (Phi) is 3.69. The van der Waals surface area contributed by atoms with Crippen LogP contribution in [0.5, 0.6) is 11.5 Å². The molecule has 1 N–H and O–H groups in total. The van der Waals surface area contributed by atoms with Crippen molar-refractivity contribution in [3.05, 3.63) is 54.3 Å². The predicted octanol–water partition coefficient (Wildman–Crippen LogP) is 4.06. The minimum atomic E-state index is 0.666. The molecule has 0 bridgehead atoms. The first-order chi connectivity index (χ1) is 10.3. The van der Waals surface area contributed by atoms with Crippen LogP contribution >= 0.6 is 0 Å². The summed E-state index contributed by atoms with van der Waals surface area (Å²) < 4.78 is 16.1. The van der Waals surface area contributed by atoms with Gasteiger partial charge in [-0.2, -0.15) is 0 Å². The van der Waals surface area contributed by atoms with Gasteiger partial charge in [-0.05, 0) is 18.2 Å². The fourth-order valence-corrected chi connectivity index (χ4v) is 2.30. The van der Waals surface area contributed by atoms with Crippen LogP contribution in [0, 0.1) is 0 Å². The number of benzene rings is 2. The topological polar surface area (TPSA) is 43.6 Å². The maximum atomic E-state index is 5.54. The van der Waals surface area contributed by atoms with E-state index < -0.39 is 0 Å². The summed E-state index contributed by atoms with van der Waals surface area (Å²) in [6.45, 7) is 0.666. The summed E-state index contributed by atoms with van der Waals surface area (Å²) in [6, 6.07) is 13.7. The maximum Gasteiger partial charge on any atom is 0.145 e. The molecule has 108 valence electrons. The standard InChI is InChI=1S/C17H17NO3/c1-19-13-7-8-15(17(9-13)20-2)18-10-12-11-21-16-6-4-3-5-14(12)16/h3-9,11,18H,10H2,1-2H3. The number of para-hydroxylation sites is 1. The Morgan fingerprint density at radius 3 is 2.71 bits per heavy atom. The van der Waals surface area contributed by atoms with Crippen LogP contribution < -0.4 is 14.8 Å². The van der Waals surface area contributed by atoms with Crippen LogP contribution in [0.2, 0.25) is 0 Å². The normalized spacial score (nSPS) is 10.6. The number of anilines is 1. The Hall–Kier alpha value is -2.62. The molecule has 0 saturated heterocycles. The number of fused-ring (bicyclic) bond motifs is 1. The molecule has 0 radical (unpaired) electrons. The molecule has 1 aromatic heterocycles. The average molecular weight is 283 g/mol. The SMILES string of the molecule is COc1ccc(NCc2coc3ccccc23)c(OC)c1. The van der Waals surface area contributed by atoms with E-state index in [9.17, 15) is 0 Å². The lowest BCUT2D eigenvalue weighted by Crippen LogP contribution is -2.01. The Bertz CT molecular complexity index is 749. The van der Waals surface area contributed by atoms with Crippen molar-refractivity contribution >= 4 is 16.7 Å². The Morgan fingerprint density at radius 1 is 1.05 bits per heavy atom. The van der Waals surface area contributed by atoms with E-state index in [1.807, 2.05) is 36.4 Å². The second-order valence-corrected chi connectivity index (χ2v) is 4.68. The number of ether oxygens (including phenoxy) is 2. The van der Waals surface area contributed by atoms with E-state index in [1.165, 1.54) is 0 Å². The Morgan fingerprint density at radius 2 is 1.90 bits per heavy atom. The maximum absolute atomic E-state index is 5.54. The lowest BCUT2D eigenvalue weighted by molar-refractivity contribution is 0.395. The first-order valence-corrected chi connectivity index (χ1v) is 6.73. The number of methoxy groups -OCH3 is 2. The molecule has 1 heterocycles. The highest BCUT2D eigenvalue weighted by atomic mass is 16.5. The van der Waals surface area contributed by atoms with Gasteiger partial charge in [-0.1, -0.05) is 18.2 Å². The third-order valence-corrected chi connectivity index (χ3v) is 3.44. The second kappa shape index (κ2) is 5.79. The van der Waals surface area contributed by atoms with Crippen LogP contribution in [0.15, 0.2) is 53.1 Å². The molecule has 21 heavy (non-hydrogen) atoms. The fourth-order valence-electron chi connectivity index (χ4n) is 2.30. The highest BCUT2D eigenvalue weighted by Gasteiger charge is 2.08. The third-order valence-electron chi connectivity index (χ3n) is 3.44. The quantitative estimate of drug-likeness (QED) is 0.766. The summed E-state index contributed by atoms with van der Waals surface area (Å²) in [5.41, 5.74) is 2.93. The van der Waals surface area contributed by atoms with E-state index in [0.29, 0.717) is 6.54 Å². The van der Waals surface area contributed by atoms with E-state index in [0.717, 1.165) is 33.7 Å². The van der Waals surface area contributed by atoms with Gasteiger partial charge in [-0.3, -0.25) is 0 Å². The van der Waals surface area contributed by atoms with Gasteiger partial charge in [0, 0.05) is 23.6 Å². The molecule has 4 heteroatoms. The van der Waals surface area contributed by atoms with Crippen molar-refractivity contribution in [2.24, 2.45) is 0 Å². The fraction of sp³-hybridized carbons (Fsp3) is 0.176. The van der Waals surface area contributed by atoms with Crippen LogP contribution in [0.4, 0.5) is 5.69 Å². The molecule has 0 spiro atoms. The Labute approximate surface area is 123 Å². The van der Waals surface area contributed by atoms with E-state index in [1.54, 1.807) is 20.5 Å². The van der Waals surface area contributed by atoms with Crippen LogP contribution in [0.3, 0.4) is 0 Å². The van der Waals surface area contributed by atoms with Gasteiger partial charge < -0.3 is 19.2 Å². The van der Waals surface area contributed by atoms with E-state index in [2.05, 4.69) is 11.4 Å². The zero-order chi connectivity index (χ0) is 14.7. The van der Waals surface area contributed by atoms with Crippen molar-refractivity contribution in [1.29, 1.82) is 0 Å². The van der Waals surface area contributed by atoms with Crippen molar-refractivity contribution in [2.75, 3.05) is 19.5 Å². The summed E-state index contributed by atoms with van der Waals surface area (Å²) in [4.78, 5) is 0. The monoisotopic (exact) mass is 283 g/mol. The first kappa shape index (κ1) is 13.4. The number of hydrogen-bond acceptors (Lipinski definition) is 4. The first-order valence-electron chi connectivity index (χ1n) is 6.73. The average Bonchev–Trinajstić information content (AvgIpc) is 2.96. The molecule has 0 fully saturated rings.